The summed E-state index contributed by atoms with van der Waals surface area (Å²) in [6.07, 6.45) is 4.34. The molecule has 2 saturated heterocycles. The minimum absolute atomic E-state index is 0.0166. The van der Waals surface area contributed by atoms with Gasteiger partial charge in [-0.2, -0.15) is 0 Å². The van der Waals surface area contributed by atoms with E-state index in [4.69, 9.17) is 0 Å². The SMILES string of the molecule is Cc1ccccc1CN1CCN(CC(=O)N2CCCCCC2)C(=O)C1=O. The second-order valence-corrected chi connectivity index (χ2v) is 7.17. The highest BCUT2D eigenvalue weighted by Gasteiger charge is 2.34. The molecule has 1 aromatic carbocycles. The zero-order chi connectivity index (χ0) is 18.5. The molecule has 0 N–H and O–H groups in total. The van der Waals surface area contributed by atoms with Crippen LogP contribution in [0.15, 0.2) is 24.3 Å². The molecule has 6 nitrogen and oxygen atoms in total. The van der Waals surface area contributed by atoms with Crippen LogP contribution in [0.5, 0.6) is 0 Å². The lowest BCUT2D eigenvalue weighted by atomic mass is 10.1. The standard InChI is InChI=1S/C20H27N3O3/c1-16-8-4-5-9-17(16)14-22-12-13-23(20(26)19(22)25)15-18(24)21-10-6-2-3-7-11-21/h4-5,8-9H,2-3,6-7,10-15H2,1H3. The molecular formula is C20H27N3O3. The molecule has 2 heterocycles. The molecule has 1 aromatic rings. The van der Waals surface area contributed by atoms with E-state index in [1.807, 2.05) is 36.1 Å². The second kappa shape index (κ2) is 8.34. The first-order valence-corrected chi connectivity index (χ1v) is 9.47. The molecule has 0 spiro atoms. The van der Waals surface area contributed by atoms with Crippen LogP contribution in [0, 0.1) is 6.92 Å². The Labute approximate surface area is 154 Å². The van der Waals surface area contributed by atoms with E-state index in [-0.39, 0.29) is 12.5 Å². The molecule has 0 bridgehead atoms. The third kappa shape index (κ3) is 4.23. The monoisotopic (exact) mass is 357 g/mol. The first kappa shape index (κ1) is 18.4. The summed E-state index contributed by atoms with van der Waals surface area (Å²) in [6.45, 7) is 4.84. The Balaban J connectivity index is 1.58. The lowest BCUT2D eigenvalue weighted by Gasteiger charge is -2.34. The number of carbonyl (C=O) groups is 3. The molecule has 6 heteroatoms. The number of benzene rings is 1. The van der Waals surface area contributed by atoms with Gasteiger partial charge in [-0.15, -0.1) is 0 Å². The van der Waals surface area contributed by atoms with Crippen LogP contribution in [0.2, 0.25) is 0 Å². The summed E-state index contributed by atoms with van der Waals surface area (Å²) in [5, 5.41) is 0. The molecule has 26 heavy (non-hydrogen) atoms. The van der Waals surface area contributed by atoms with E-state index in [0.717, 1.165) is 49.9 Å². The number of amides is 3. The molecule has 2 aliphatic heterocycles. The lowest BCUT2D eigenvalue weighted by molar-refractivity contribution is -0.158. The van der Waals surface area contributed by atoms with Gasteiger partial charge >= 0.3 is 11.8 Å². The van der Waals surface area contributed by atoms with E-state index in [2.05, 4.69) is 0 Å². The summed E-state index contributed by atoms with van der Waals surface area (Å²) in [6, 6.07) is 7.86. The third-order valence-corrected chi connectivity index (χ3v) is 5.30. The zero-order valence-corrected chi connectivity index (χ0v) is 15.4. The predicted molar refractivity (Wildman–Crippen MR) is 98.2 cm³/mol. The number of hydrogen-bond acceptors (Lipinski definition) is 3. The van der Waals surface area contributed by atoms with Crippen LogP contribution >= 0.6 is 0 Å². The summed E-state index contributed by atoms with van der Waals surface area (Å²) in [4.78, 5) is 42.3. The maximum absolute atomic E-state index is 12.5. The van der Waals surface area contributed by atoms with Crippen molar-refractivity contribution in [1.82, 2.24) is 14.7 Å². The van der Waals surface area contributed by atoms with E-state index >= 15 is 0 Å². The van der Waals surface area contributed by atoms with Crippen molar-refractivity contribution in [3.8, 4) is 0 Å². The Kier molecular flexibility index (Phi) is 5.91. The summed E-state index contributed by atoms with van der Waals surface area (Å²) < 4.78 is 0. The molecule has 0 aromatic heterocycles. The minimum atomic E-state index is -0.562. The molecule has 0 aliphatic carbocycles. The van der Waals surface area contributed by atoms with Crippen LogP contribution < -0.4 is 0 Å². The molecule has 3 amide bonds. The highest BCUT2D eigenvalue weighted by atomic mass is 16.2. The van der Waals surface area contributed by atoms with Gasteiger partial charge < -0.3 is 14.7 Å². The van der Waals surface area contributed by atoms with Gasteiger partial charge in [-0.25, -0.2) is 0 Å². The van der Waals surface area contributed by atoms with Crippen molar-refractivity contribution in [2.24, 2.45) is 0 Å². The largest absolute Gasteiger partial charge is 0.341 e. The Bertz CT molecular complexity index is 681. The first-order chi connectivity index (χ1) is 12.6. The molecule has 0 radical (unpaired) electrons. The number of rotatable bonds is 4. The fraction of sp³-hybridized carbons (Fsp3) is 0.550. The molecular weight excluding hydrogens is 330 g/mol. The van der Waals surface area contributed by atoms with Gasteiger partial charge in [0.05, 0.1) is 0 Å². The minimum Gasteiger partial charge on any atom is -0.341 e. The second-order valence-electron chi connectivity index (χ2n) is 7.17. The fourth-order valence-electron chi connectivity index (χ4n) is 3.59. The van der Waals surface area contributed by atoms with Crippen molar-refractivity contribution < 1.29 is 14.4 Å². The van der Waals surface area contributed by atoms with E-state index in [1.54, 1.807) is 4.90 Å². The summed E-state index contributed by atoms with van der Waals surface area (Å²) >= 11 is 0. The van der Waals surface area contributed by atoms with Crippen molar-refractivity contribution in [3.05, 3.63) is 35.4 Å². The maximum atomic E-state index is 12.5. The fourth-order valence-corrected chi connectivity index (χ4v) is 3.59. The number of nitrogens with zero attached hydrogens (tertiary/aromatic N) is 3. The third-order valence-electron chi connectivity index (χ3n) is 5.30. The van der Waals surface area contributed by atoms with Gasteiger partial charge in [0.2, 0.25) is 5.91 Å². The van der Waals surface area contributed by atoms with Crippen LogP contribution in [0.4, 0.5) is 0 Å². The summed E-state index contributed by atoms with van der Waals surface area (Å²) in [5.74, 6) is -1.11. The van der Waals surface area contributed by atoms with Crippen molar-refractivity contribution >= 4 is 17.7 Å². The Morgan fingerprint density at radius 2 is 1.50 bits per heavy atom. The first-order valence-electron chi connectivity index (χ1n) is 9.47. The molecule has 0 atom stereocenters. The molecule has 2 aliphatic rings. The number of hydrogen-bond donors (Lipinski definition) is 0. The van der Waals surface area contributed by atoms with Crippen LogP contribution in [0.3, 0.4) is 0 Å². The Hall–Kier alpha value is -2.37. The highest BCUT2D eigenvalue weighted by molar-refractivity contribution is 6.35. The predicted octanol–water partition coefficient (Wildman–Crippen LogP) is 1.57. The van der Waals surface area contributed by atoms with Gasteiger partial charge in [-0.05, 0) is 30.9 Å². The van der Waals surface area contributed by atoms with E-state index in [0.29, 0.717) is 19.6 Å². The van der Waals surface area contributed by atoms with E-state index in [9.17, 15) is 14.4 Å². The van der Waals surface area contributed by atoms with E-state index in [1.165, 1.54) is 4.90 Å². The Morgan fingerprint density at radius 1 is 0.885 bits per heavy atom. The smallest absolute Gasteiger partial charge is 0.312 e. The van der Waals surface area contributed by atoms with Gasteiger partial charge in [0.1, 0.15) is 6.54 Å². The summed E-state index contributed by atoms with van der Waals surface area (Å²) in [7, 11) is 0. The quantitative estimate of drug-likeness (QED) is 0.769. The van der Waals surface area contributed by atoms with Crippen LogP contribution in [0.1, 0.15) is 36.8 Å². The number of likely N-dealkylation sites (tertiary alicyclic amines) is 1. The molecule has 2 fully saturated rings. The zero-order valence-electron chi connectivity index (χ0n) is 15.4. The van der Waals surface area contributed by atoms with Gasteiger partial charge in [0, 0.05) is 32.7 Å². The van der Waals surface area contributed by atoms with Crippen molar-refractivity contribution in [1.29, 1.82) is 0 Å². The highest BCUT2D eigenvalue weighted by Crippen LogP contribution is 2.15. The normalized spacial score (nSPS) is 18.9. The average Bonchev–Trinajstić information content (AvgIpc) is 2.92. The number of aryl methyl sites for hydroxylation is 1. The average molecular weight is 357 g/mol. The molecule has 140 valence electrons. The van der Waals surface area contributed by atoms with Crippen LogP contribution in [-0.2, 0) is 20.9 Å². The molecule has 0 saturated carbocycles. The number of carbonyl (C=O) groups excluding carboxylic acids is 3. The number of piperazine rings is 1. The van der Waals surface area contributed by atoms with Crippen molar-refractivity contribution in [2.75, 3.05) is 32.7 Å². The van der Waals surface area contributed by atoms with Crippen LogP contribution in [-0.4, -0.2) is 65.1 Å². The van der Waals surface area contributed by atoms with Gasteiger partial charge in [0.15, 0.2) is 0 Å². The lowest BCUT2D eigenvalue weighted by Crippen LogP contribution is -2.56. The van der Waals surface area contributed by atoms with Crippen LogP contribution in [0.25, 0.3) is 0 Å². The molecule has 3 rings (SSSR count). The van der Waals surface area contributed by atoms with Gasteiger partial charge in [-0.1, -0.05) is 37.1 Å². The summed E-state index contributed by atoms with van der Waals surface area (Å²) in [5.41, 5.74) is 2.15. The molecule has 0 unspecified atom stereocenters. The Morgan fingerprint density at radius 3 is 2.19 bits per heavy atom. The maximum Gasteiger partial charge on any atom is 0.312 e. The van der Waals surface area contributed by atoms with Gasteiger partial charge in [-0.3, -0.25) is 14.4 Å². The van der Waals surface area contributed by atoms with Gasteiger partial charge in [0.25, 0.3) is 0 Å². The van der Waals surface area contributed by atoms with Crippen molar-refractivity contribution in [2.45, 2.75) is 39.2 Å². The van der Waals surface area contributed by atoms with E-state index < -0.39 is 11.8 Å². The van der Waals surface area contributed by atoms with Crippen molar-refractivity contribution in [3.63, 3.8) is 0 Å². The topological polar surface area (TPSA) is 60.9 Å².